The topological polar surface area (TPSA) is 73.6 Å². The van der Waals surface area contributed by atoms with Crippen molar-refractivity contribution in [1.82, 2.24) is 4.98 Å². The van der Waals surface area contributed by atoms with Gasteiger partial charge in [0.05, 0.1) is 11.2 Å². The fourth-order valence-corrected chi connectivity index (χ4v) is 2.27. The minimum atomic E-state index is -0.455. The van der Waals surface area contributed by atoms with Crippen LogP contribution in [0.3, 0.4) is 0 Å². The van der Waals surface area contributed by atoms with Gasteiger partial charge >= 0.3 is 13.1 Å². The van der Waals surface area contributed by atoms with E-state index in [-0.39, 0.29) is 11.9 Å². The van der Waals surface area contributed by atoms with Crippen molar-refractivity contribution in [2.24, 2.45) is 0 Å². The Balaban J connectivity index is 1.91. The summed E-state index contributed by atoms with van der Waals surface area (Å²) in [4.78, 5) is 15.3. The number of oxazole rings is 1. The molecule has 2 heterocycles. The smallest absolute Gasteiger partial charge is 0.423 e. The van der Waals surface area contributed by atoms with E-state index in [1.165, 1.54) is 6.92 Å². The number of nitrogens with one attached hydrogen (secondary N) is 1. The number of anilines is 1. The molecule has 1 N–H and O–H groups in total. The summed E-state index contributed by atoms with van der Waals surface area (Å²) in [6.07, 6.45) is 0. The first-order valence-electron chi connectivity index (χ1n) is 7.22. The quantitative estimate of drug-likeness (QED) is 0.860. The number of fused-ring (bicyclic) bond motifs is 1. The van der Waals surface area contributed by atoms with Gasteiger partial charge in [-0.25, -0.2) is 0 Å². The second-order valence-electron chi connectivity index (χ2n) is 6.52. The van der Waals surface area contributed by atoms with E-state index in [2.05, 4.69) is 10.3 Å². The van der Waals surface area contributed by atoms with Crippen molar-refractivity contribution in [2.45, 2.75) is 45.8 Å². The van der Waals surface area contributed by atoms with E-state index >= 15 is 0 Å². The minimum Gasteiger partial charge on any atom is -0.423 e. The predicted octanol–water partition coefficient (Wildman–Crippen LogP) is 2.09. The first kappa shape index (κ1) is 15.1. The van der Waals surface area contributed by atoms with Gasteiger partial charge in [-0.3, -0.25) is 10.1 Å². The lowest BCUT2D eigenvalue weighted by Gasteiger charge is -2.32. The summed E-state index contributed by atoms with van der Waals surface area (Å²) in [5.41, 5.74) is 1.32. The molecule has 2 aromatic rings. The Bertz CT molecular complexity index is 722. The fourth-order valence-electron chi connectivity index (χ4n) is 2.27. The molecule has 1 aromatic carbocycles. The maximum absolute atomic E-state index is 11.1. The van der Waals surface area contributed by atoms with Crippen molar-refractivity contribution in [2.75, 3.05) is 5.32 Å². The summed E-state index contributed by atoms with van der Waals surface area (Å²) in [5.74, 6) is -0.224. The Labute approximate surface area is 129 Å². The lowest BCUT2D eigenvalue weighted by Crippen LogP contribution is -2.41. The van der Waals surface area contributed by atoms with E-state index in [0.29, 0.717) is 11.1 Å². The molecule has 0 bridgehead atoms. The van der Waals surface area contributed by atoms with Crippen LogP contribution in [0.1, 0.15) is 34.6 Å². The molecular weight excluding hydrogens is 283 g/mol. The standard InChI is InChI=1S/C15H19BN2O4/c1-9(19)17-13-18-11-7-6-10(8-12(11)20-13)16-21-14(2,3)15(4,5)22-16/h6-8H,1-5H3,(H,17,18,19). The number of hydrogen-bond acceptors (Lipinski definition) is 5. The van der Waals surface area contributed by atoms with E-state index in [4.69, 9.17) is 13.7 Å². The van der Waals surface area contributed by atoms with Gasteiger partial charge in [-0.1, -0.05) is 6.07 Å². The Hall–Kier alpha value is -1.86. The van der Waals surface area contributed by atoms with Gasteiger partial charge < -0.3 is 13.7 Å². The van der Waals surface area contributed by atoms with Crippen molar-refractivity contribution < 1.29 is 18.5 Å². The lowest BCUT2D eigenvalue weighted by molar-refractivity contribution is -0.114. The summed E-state index contributed by atoms with van der Waals surface area (Å²) in [6.45, 7) is 9.44. The Kier molecular flexibility index (Phi) is 3.30. The number of rotatable bonds is 2. The molecule has 0 spiro atoms. The summed E-state index contributed by atoms with van der Waals surface area (Å²) < 4.78 is 17.6. The van der Waals surface area contributed by atoms with Gasteiger partial charge in [-0.2, -0.15) is 4.98 Å². The number of amides is 1. The highest BCUT2D eigenvalue weighted by Gasteiger charge is 2.51. The average molecular weight is 302 g/mol. The van der Waals surface area contributed by atoms with Crippen LogP contribution in [-0.4, -0.2) is 29.2 Å². The third-order valence-electron chi connectivity index (χ3n) is 4.22. The van der Waals surface area contributed by atoms with Crippen LogP contribution in [0.2, 0.25) is 0 Å². The molecule has 1 aromatic heterocycles. The number of carbonyl (C=O) groups excluding carboxylic acids is 1. The van der Waals surface area contributed by atoms with Crippen LogP contribution in [0.4, 0.5) is 6.01 Å². The molecule has 1 fully saturated rings. The third-order valence-corrected chi connectivity index (χ3v) is 4.22. The van der Waals surface area contributed by atoms with E-state index in [1.807, 2.05) is 45.9 Å². The number of carbonyl (C=O) groups is 1. The average Bonchev–Trinajstić information content (AvgIpc) is 2.85. The zero-order valence-electron chi connectivity index (χ0n) is 13.4. The minimum absolute atomic E-state index is 0.188. The predicted molar refractivity (Wildman–Crippen MR) is 84.0 cm³/mol. The van der Waals surface area contributed by atoms with E-state index in [0.717, 1.165) is 5.46 Å². The molecule has 22 heavy (non-hydrogen) atoms. The highest BCUT2D eigenvalue weighted by Crippen LogP contribution is 2.36. The van der Waals surface area contributed by atoms with Gasteiger partial charge in [0.25, 0.3) is 0 Å². The molecule has 0 aliphatic carbocycles. The summed E-state index contributed by atoms with van der Waals surface area (Å²) in [5, 5.41) is 2.53. The van der Waals surface area contributed by atoms with Crippen molar-refractivity contribution in [3.8, 4) is 0 Å². The zero-order valence-corrected chi connectivity index (χ0v) is 13.4. The Morgan fingerprint density at radius 1 is 1.18 bits per heavy atom. The highest BCUT2D eigenvalue weighted by molar-refractivity contribution is 6.62. The van der Waals surface area contributed by atoms with Crippen molar-refractivity contribution in [3.05, 3.63) is 18.2 Å². The maximum atomic E-state index is 11.1. The van der Waals surface area contributed by atoms with Gasteiger partial charge in [-0.05, 0) is 45.3 Å². The van der Waals surface area contributed by atoms with Crippen LogP contribution in [0.15, 0.2) is 22.6 Å². The molecule has 1 aliphatic rings. The van der Waals surface area contributed by atoms with Crippen LogP contribution >= 0.6 is 0 Å². The molecule has 7 heteroatoms. The van der Waals surface area contributed by atoms with E-state index < -0.39 is 18.3 Å². The molecule has 0 atom stereocenters. The number of benzene rings is 1. The normalized spacial score (nSPS) is 19.6. The van der Waals surface area contributed by atoms with Crippen molar-refractivity contribution in [1.29, 1.82) is 0 Å². The lowest BCUT2D eigenvalue weighted by atomic mass is 9.79. The fraction of sp³-hybridized carbons (Fsp3) is 0.467. The first-order chi connectivity index (χ1) is 10.2. The highest BCUT2D eigenvalue weighted by atomic mass is 16.7. The number of hydrogen-bond donors (Lipinski definition) is 1. The van der Waals surface area contributed by atoms with Gasteiger partial charge in [0, 0.05) is 6.92 Å². The molecule has 1 saturated heterocycles. The van der Waals surface area contributed by atoms with Crippen LogP contribution < -0.4 is 10.8 Å². The number of nitrogens with zero attached hydrogens (tertiary/aromatic N) is 1. The summed E-state index contributed by atoms with van der Waals surface area (Å²) in [6, 6.07) is 5.73. The van der Waals surface area contributed by atoms with Crippen molar-refractivity contribution in [3.63, 3.8) is 0 Å². The van der Waals surface area contributed by atoms with Gasteiger partial charge in [-0.15, -0.1) is 0 Å². The molecule has 3 rings (SSSR count). The molecule has 0 saturated carbocycles. The molecule has 0 radical (unpaired) electrons. The molecular formula is C15H19BN2O4. The van der Waals surface area contributed by atoms with Gasteiger partial charge in [0.1, 0.15) is 5.52 Å². The SMILES string of the molecule is CC(=O)Nc1nc2ccc(B3OC(C)(C)C(C)(C)O3)cc2o1. The second kappa shape index (κ2) is 4.82. The number of aromatic nitrogens is 1. The summed E-state index contributed by atoms with van der Waals surface area (Å²) >= 11 is 0. The molecule has 116 valence electrons. The molecule has 0 unspecified atom stereocenters. The van der Waals surface area contributed by atoms with E-state index in [9.17, 15) is 4.79 Å². The van der Waals surface area contributed by atoms with E-state index in [1.54, 1.807) is 0 Å². The molecule has 1 aliphatic heterocycles. The monoisotopic (exact) mass is 302 g/mol. The van der Waals surface area contributed by atoms with Gasteiger partial charge in [0.15, 0.2) is 5.58 Å². The Morgan fingerprint density at radius 3 is 2.41 bits per heavy atom. The molecule has 6 nitrogen and oxygen atoms in total. The largest absolute Gasteiger partial charge is 0.494 e. The van der Waals surface area contributed by atoms with Crippen LogP contribution in [0, 0.1) is 0 Å². The van der Waals surface area contributed by atoms with Gasteiger partial charge in [0.2, 0.25) is 5.91 Å². The zero-order chi connectivity index (χ0) is 16.1. The molecule has 1 amide bonds. The van der Waals surface area contributed by atoms with Crippen LogP contribution in [0.25, 0.3) is 11.1 Å². The van der Waals surface area contributed by atoms with Crippen LogP contribution in [-0.2, 0) is 14.1 Å². The first-order valence-corrected chi connectivity index (χ1v) is 7.22. The maximum Gasteiger partial charge on any atom is 0.494 e. The summed E-state index contributed by atoms with van der Waals surface area (Å²) in [7, 11) is -0.455. The third kappa shape index (κ3) is 2.50. The van der Waals surface area contributed by atoms with Crippen molar-refractivity contribution >= 4 is 35.6 Å². The Morgan fingerprint density at radius 2 is 1.82 bits per heavy atom. The second-order valence-corrected chi connectivity index (χ2v) is 6.52. The van der Waals surface area contributed by atoms with Crippen LogP contribution in [0.5, 0.6) is 0 Å².